The molecule has 3 rings (SSSR count). The lowest BCUT2D eigenvalue weighted by Gasteiger charge is -2.27. The summed E-state index contributed by atoms with van der Waals surface area (Å²) in [7, 11) is 1.72. The molecule has 0 radical (unpaired) electrons. The van der Waals surface area contributed by atoms with E-state index in [1.165, 1.54) is 0 Å². The minimum atomic E-state index is -1.22. The highest BCUT2D eigenvalue weighted by molar-refractivity contribution is 5.99. The van der Waals surface area contributed by atoms with E-state index in [0.717, 1.165) is 11.3 Å². The summed E-state index contributed by atoms with van der Waals surface area (Å²) in [6.07, 6.45) is 1.01. The molecular weight excluding hydrogens is 344 g/mol. The van der Waals surface area contributed by atoms with Gasteiger partial charge in [-0.25, -0.2) is 0 Å². The summed E-state index contributed by atoms with van der Waals surface area (Å²) in [5.41, 5.74) is 1.61. The average molecular weight is 366 g/mol. The maximum atomic E-state index is 12.6. The standard InChI is InChI=1S/C21H22N2O4/c1-21(20(26)27,16-6-4-3-5-7-16)13-22-19(25)15-8-10-17-14(12-15)9-11-18(24)23(17)2/h3-8,10,12H,9,11,13H2,1-2H3,(H,22,25)(H,26,27). The molecule has 1 unspecified atom stereocenters. The summed E-state index contributed by atoms with van der Waals surface area (Å²) in [6.45, 7) is 1.57. The smallest absolute Gasteiger partial charge is 0.315 e. The first kappa shape index (κ1) is 18.6. The Labute approximate surface area is 157 Å². The van der Waals surface area contributed by atoms with Gasteiger partial charge < -0.3 is 15.3 Å². The highest BCUT2D eigenvalue weighted by Crippen LogP contribution is 2.28. The first-order chi connectivity index (χ1) is 12.8. The Morgan fingerprint density at radius 1 is 1.15 bits per heavy atom. The second-order valence-electron chi connectivity index (χ2n) is 6.98. The molecule has 1 atom stereocenters. The van der Waals surface area contributed by atoms with Crippen molar-refractivity contribution in [3.63, 3.8) is 0 Å². The normalized spacial score (nSPS) is 15.6. The van der Waals surface area contributed by atoms with Crippen molar-refractivity contribution < 1.29 is 19.5 Å². The number of hydrogen-bond donors (Lipinski definition) is 2. The lowest BCUT2D eigenvalue weighted by molar-refractivity contribution is -0.143. The largest absolute Gasteiger partial charge is 0.481 e. The van der Waals surface area contributed by atoms with E-state index in [9.17, 15) is 19.5 Å². The zero-order valence-corrected chi connectivity index (χ0v) is 15.4. The molecule has 2 aromatic rings. The molecular formula is C21H22N2O4. The van der Waals surface area contributed by atoms with E-state index in [2.05, 4.69) is 5.32 Å². The first-order valence-corrected chi connectivity index (χ1v) is 8.79. The highest BCUT2D eigenvalue weighted by atomic mass is 16.4. The van der Waals surface area contributed by atoms with Gasteiger partial charge in [-0.05, 0) is 42.7 Å². The Balaban J connectivity index is 1.77. The number of anilines is 1. The number of nitrogens with zero attached hydrogens (tertiary/aromatic N) is 1. The fourth-order valence-electron chi connectivity index (χ4n) is 3.26. The third kappa shape index (κ3) is 3.56. The maximum absolute atomic E-state index is 12.6. The topological polar surface area (TPSA) is 86.7 Å². The Hall–Kier alpha value is -3.15. The summed E-state index contributed by atoms with van der Waals surface area (Å²) in [5, 5.41) is 12.4. The molecule has 0 saturated heterocycles. The van der Waals surface area contributed by atoms with E-state index in [4.69, 9.17) is 0 Å². The van der Waals surface area contributed by atoms with Crippen LogP contribution in [0.3, 0.4) is 0 Å². The van der Waals surface area contributed by atoms with Gasteiger partial charge in [0.15, 0.2) is 0 Å². The lowest BCUT2D eigenvalue weighted by Crippen LogP contribution is -2.44. The Kier molecular flexibility index (Phi) is 4.99. The fraction of sp³-hybridized carbons (Fsp3) is 0.286. The van der Waals surface area contributed by atoms with Crippen LogP contribution in [0, 0.1) is 0 Å². The quantitative estimate of drug-likeness (QED) is 0.851. The van der Waals surface area contributed by atoms with Crippen LogP contribution < -0.4 is 10.2 Å². The molecule has 27 heavy (non-hydrogen) atoms. The van der Waals surface area contributed by atoms with Crippen molar-refractivity contribution in [1.82, 2.24) is 5.32 Å². The molecule has 6 nitrogen and oxygen atoms in total. The van der Waals surface area contributed by atoms with Gasteiger partial charge in [-0.1, -0.05) is 30.3 Å². The second kappa shape index (κ2) is 7.23. The summed E-state index contributed by atoms with van der Waals surface area (Å²) >= 11 is 0. The average Bonchev–Trinajstić information content (AvgIpc) is 2.69. The Morgan fingerprint density at radius 3 is 2.52 bits per heavy atom. The Bertz CT molecular complexity index is 894. The molecule has 0 aliphatic carbocycles. The molecule has 2 amide bonds. The number of nitrogens with one attached hydrogen (secondary N) is 1. The molecule has 1 aliphatic rings. The van der Waals surface area contributed by atoms with E-state index in [0.29, 0.717) is 24.0 Å². The molecule has 1 heterocycles. The van der Waals surface area contributed by atoms with Gasteiger partial charge in [0.2, 0.25) is 5.91 Å². The van der Waals surface area contributed by atoms with Crippen LogP contribution in [-0.2, 0) is 21.4 Å². The molecule has 0 spiro atoms. The van der Waals surface area contributed by atoms with Gasteiger partial charge in [-0.15, -0.1) is 0 Å². The molecule has 1 aliphatic heterocycles. The van der Waals surface area contributed by atoms with Gasteiger partial charge in [0.05, 0.1) is 0 Å². The first-order valence-electron chi connectivity index (χ1n) is 8.79. The molecule has 0 bridgehead atoms. The van der Waals surface area contributed by atoms with E-state index >= 15 is 0 Å². The zero-order valence-electron chi connectivity index (χ0n) is 15.4. The Morgan fingerprint density at radius 2 is 1.85 bits per heavy atom. The third-order valence-corrected chi connectivity index (χ3v) is 5.17. The summed E-state index contributed by atoms with van der Waals surface area (Å²) in [5.74, 6) is -1.28. The molecule has 2 N–H and O–H groups in total. The number of carboxylic acid groups (broad SMARTS) is 1. The SMILES string of the molecule is CN1C(=O)CCc2cc(C(=O)NCC(C)(C(=O)O)c3ccccc3)ccc21. The maximum Gasteiger partial charge on any atom is 0.315 e. The van der Waals surface area contributed by atoms with Gasteiger partial charge in [0, 0.05) is 31.3 Å². The van der Waals surface area contributed by atoms with Crippen molar-refractivity contribution in [1.29, 1.82) is 0 Å². The van der Waals surface area contributed by atoms with Crippen LogP contribution in [0.4, 0.5) is 5.69 Å². The van der Waals surface area contributed by atoms with E-state index in [1.54, 1.807) is 61.3 Å². The van der Waals surface area contributed by atoms with Crippen LogP contribution in [0.1, 0.15) is 34.8 Å². The number of amides is 2. The van der Waals surface area contributed by atoms with Gasteiger partial charge in [-0.2, -0.15) is 0 Å². The minimum absolute atomic E-state index is 0.0271. The van der Waals surface area contributed by atoms with E-state index < -0.39 is 11.4 Å². The number of rotatable bonds is 5. The van der Waals surface area contributed by atoms with Gasteiger partial charge in [-0.3, -0.25) is 14.4 Å². The molecule has 0 aromatic heterocycles. The van der Waals surface area contributed by atoms with Crippen molar-refractivity contribution >= 4 is 23.5 Å². The highest BCUT2D eigenvalue weighted by Gasteiger charge is 2.35. The molecule has 2 aromatic carbocycles. The number of aliphatic carboxylic acids is 1. The predicted molar refractivity (Wildman–Crippen MR) is 102 cm³/mol. The summed E-state index contributed by atoms with van der Waals surface area (Å²) in [4.78, 5) is 37.8. The number of fused-ring (bicyclic) bond motifs is 1. The number of hydrogen-bond acceptors (Lipinski definition) is 3. The number of benzene rings is 2. The van der Waals surface area contributed by atoms with Gasteiger partial charge >= 0.3 is 5.97 Å². The summed E-state index contributed by atoms with van der Waals surface area (Å²) in [6, 6.07) is 14.0. The van der Waals surface area contributed by atoms with Gasteiger partial charge in [0.25, 0.3) is 5.91 Å². The van der Waals surface area contributed by atoms with Crippen molar-refractivity contribution in [2.45, 2.75) is 25.2 Å². The van der Waals surface area contributed by atoms with Crippen LogP contribution in [-0.4, -0.2) is 36.5 Å². The van der Waals surface area contributed by atoms with Crippen molar-refractivity contribution in [2.24, 2.45) is 0 Å². The third-order valence-electron chi connectivity index (χ3n) is 5.17. The lowest BCUT2D eigenvalue weighted by atomic mass is 9.82. The van der Waals surface area contributed by atoms with Gasteiger partial charge in [0.1, 0.15) is 5.41 Å². The molecule has 6 heteroatoms. The second-order valence-corrected chi connectivity index (χ2v) is 6.98. The number of aryl methyl sites for hydroxylation is 1. The minimum Gasteiger partial charge on any atom is -0.481 e. The molecule has 0 saturated carbocycles. The molecule has 140 valence electrons. The predicted octanol–water partition coefficient (Wildman–Crippen LogP) is 2.37. The van der Waals surface area contributed by atoms with Crippen molar-refractivity contribution in [3.05, 3.63) is 65.2 Å². The van der Waals surface area contributed by atoms with Crippen LogP contribution in [0.15, 0.2) is 48.5 Å². The van der Waals surface area contributed by atoms with Crippen LogP contribution in [0.2, 0.25) is 0 Å². The van der Waals surface area contributed by atoms with E-state index in [1.807, 2.05) is 6.07 Å². The number of carbonyl (C=O) groups excluding carboxylic acids is 2. The zero-order chi connectivity index (χ0) is 19.6. The van der Waals surface area contributed by atoms with Crippen LogP contribution in [0.25, 0.3) is 0 Å². The van der Waals surface area contributed by atoms with Crippen molar-refractivity contribution in [3.8, 4) is 0 Å². The van der Waals surface area contributed by atoms with Crippen LogP contribution >= 0.6 is 0 Å². The van der Waals surface area contributed by atoms with E-state index in [-0.39, 0.29) is 18.4 Å². The molecule has 0 fully saturated rings. The summed E-state index contributed by atoms with van der Waals surface area (Å²) < 4.78 is 0. The van der Waals surface area contributed by atoms with Crippen molar-refractivity contribution in [2.75, 3.05) is 18.5 Å². The van der Waals surface area contributed by atoms with Crippen LogP contribution in [0.5, 0.6) is 0 Å². The fourth-order valence-corrected chi connectivity index (χ4v) is 3.26. The monoisotopic (exact) mass is 366 g/mol. The number of carbonyl (C=O) groups is 3. The number of carboxylic acids is 1.